The van der Waals surface area contributed by atoms with Gasteiger partial charge in [0.25, 0.3) is 5.91 Å². The highest BCUT2D eigenvalue weighted by Crippen LogP contribution is 2.17. The number of piperazine rings is 1. The fourth-order valence-corrected chi connectivity index (χ4v) is 3.76. The summed E-state index contributed by atoms with van der Waals surface area (Å²) in [5.74, 6) is 0.457. The van der Waals surface area contributed by atoms with Crippen LogP contribution in [0.15, 0.2) is 54.6 Å². The SMILES string of the molecule is COc1ccc(NC(=O)CCNC(=O)N2CCN(C(=O)c3cc4ccccc4[nH]3)CC2)cc1. The van der Waals surface area contributed by atoms with Gasteiger partial charge in [0.15, 0.2) is 0 Å². The molecule has 0 unspecified atom stereocenters. The lowest BCUT2D eigenvalue weighted by atomic mass is 10.2. The Balaban J connectivity index is 1.19. The van der Waals surface area contributed by atoms with Crippen molar-refractivity contribution >= 4 is 34.4 Å². The standard InChI is InChI=1S/C24H27N5O4/c1-33-19-8-6-18(7-9-19)26-22(30)10-11-25-24(32)29-14-12-28(13-15-29)23(31)21-16-17-4-2-3-5-20(17)27-21/h2-9,16,27H,10-15H2,1H3,(H,25,32)(H,26,30). The van der Waals surface area contributed by atoms with Gasteiger partial charge >= 0.3 is 6.03 Å². The molecular weight excluding hydrogens is 422 g/mol. The first kappa shape index (κ1) is 22.2. The maximum Gasteiger partial charge on any atom is 0.317 e. The number of amides is 4. The van der Waals surface area contributed by atoms with Crippen LogP contribution in [0.25, 0.3) is 10.9 Å². The Morgan fingerprint density at radius 2 is 1.67 bits per heavy atom. The third-order valence-corrected chi connectivity index (χ3v) is 5.62. The molecule has 1 aromatic heterocycles. The van der Waals surface area contributed by atoms with Crippen molar-refractivity contribution in [2.45, 2.75) is 6.42 Å². The lowest BCUT2D eigenvalue weighted by Gasteiger charge is -2.34. The van der Waals surface area contributed by atoms with Gasteiger partial charge in [-0.15, -0.1) is 0 Å². The number of hydrogen-bond donors (Lipinski definition) is 3. The van der Waals surface area contributed by atoms with Gasteiger partial charge in [0.05, 0.1) is 7.11 Å². The van der Waals surface area contributed by atoms with Crippen LogP contribution in [0.3, 0.4) is 0 Å². The van der Waals surface area contributed by atoms with Crippen LogP contribution in [0.1, 0.15) is 16.9 Å². The molecule has 1 saturated heterocycles. The van der Waals surface area contributed by atoms with E-state index in [9.17, 15) is 14.4 Å². The molecule has 1 fully saturated rings. The van der Waals surface area contributed by atoms with Crippen LogP contribution in [-0.4, -0.2) is 72.5 Å². The average molecular weight is 450 g/mol. The Labute approximate surface area is 191 Å². The van der Waals surface area contributed by atoms with Gasteiger partial charge in [0, 0.05) is 55.7 Å². The molecule has 33 heavy (non-hydrogen) atoms. The van der Waals surface area contributed by atoms with Crippen molar-refractivity contribution in [2.24, 2.45) is 0 Å². The number of hydrogen-bond acceptors (Lipinski definition) is 4. The molecule has 172 valence electrons. The molecule has 0 aliphatic carbocycles. The van der Waals surface area contributed by atoms with Crippen molar-refractivity contribution in [1.82, 2.24) is 20.1 Å². The summed E-state index contributed by atoms with van der Waals surface area (Å²) in [4.78, 5) is 43.9. The zero-order valence-electron chi connectivity index (χ0n) is 18.5. The van der Waals surface area contributed by atoms with Crippen molar-refractivity contribution in [2.75, 3.05) is 45.2 Å². The summed E-state index contributed by atoms with van der Waals surface area (Å²) in [7, 11) is 1.58. The number of anilines is 1. The molecule has 0 saturated carbocycles. The highest BCUT2D eigenvalue weighted by molar-refractivity contribution is 5.98. The van der Waals surface area contributed by atoms with Crippen molar-refractivity contribution in [1.29, 1.82) is 0 Å². The van der Waals surface area contributed by atoms with Crippen molar-refractivity contribution in [3.63, 3.8) is 0 Å². The number of para-hydroxylation sites is 1. The lowest BCUT2D eigenvalue weighted by Crippen LogP contribution is -2.53. The third-order valence-electron chi connectivity index (χ3n) is 5.62. The molecular formula is C24H27N5O4. The van der Waals surface area contributed by atoms with Crippen LogP contribution >= 0.6 is 0 Å². The number of rotatable bonds is 6. The maximum atomic E-state index is 12.8. The first-order chi connectivity index (χ1) is 16.0. The van der Waals surface area contributed by atoms with E-state index in [0.29, 0.717) is 43.3 Å². The molecule has 0 spiro atoms. The minimum Gasteiger partial charge on any atom is -0.497 e. The van der Waals surface area contributed by atoms with E-state index >= 15 is 0 Å². The predicted molar refractivity (Wildman–Crippen MR) is 125 cm³/mol. The smallest absolute Gasteiger partial charge is 0.317 e. The summed E-state index contributed by atoms with van der Waals surface area (Å²) in [5, 5.41) is 6.56. The highest BCUT2D eigenvalue weighted by atomic mass is 16.5. The number of methoxy groups -OCH3 is 1. The first-order valence-electron chi connectivity index (χ1n) is 10.9. The van der Waals surface area contributed by atoms with E-state index in [1.807, 2.05) is 30.3 Å². The second-order valence-corrected chi connectivity index (χ2v) is 7.81. The van der Waals surface area contributed by atoms with Crippen LogP contribution in [-0.2, 0) is 4.79 Å². The second-order valence-electron chi connectivity index (χ2n) is 7.81. The van der Waals surface area contributed by atoms with Gasteiger partial charge in [-0.05, 0) is 36.4 Å². The van der Waals surface area contributed by atoms with E-state index in [-0.39, 0.29) is 30.8 Å². The van der Waals surface area contributed by atoms with E-state index in [2.05, 4.69) is 15.6 Å². The minimum absolute atomic E-state index is 0.0681. The molecule has 1 aliphatic rings. The molecule has 4 amide bonds. The number of urea groups is 1. The van der Waals surface area contributed by atoms with Crippen LogP contribution in [0.5, 0.6) is 5.75 Å². The Bertz CT molecular complexity index is 1100. The van der Waals surface area contributed by atoms with E-state index in [1.54, 1.807) is 41.2 Å². The Hall–Kier alpha value is -4.01. The van der Waals surface area contributed by atoms with E-state index in [0.717, 1.165) is 10.9 Å². The third kappa shape index (κ3) is 5.43. The van der Waals surface area contributed by atoms with Crippen molar-refractivity contribution < 1.29 is 19.1 Å². The number of fused-ring (bicyclic) bond motifs is 1. The maximum absolute atomic E-state index is 12.8. The van der Waals surface area contributed by atoms with Crippen molar-refractivity contribution in [3.8, 4) is 5.75 Å². The van der Waals surface area contributed by atoms with Crippen LogP contribution in [0.2, 0.25) is 0 Å². The van der Waals surface area contributed by atoms with Crippen LogP contribution in [0.4, 0.5) is 10.5 Å². The van der Waals surface area contributed by atoms with Gasteiger partial charge in [-0.1, -0.05) is 18.2 Å². The molecule has 3 N–H and O–H groups in total. The molecule has 2 aromatic carbocycles. The molecule has 0 bridgehead atoms. The van der Waals surface area contributed by atoms with Gasteiger partial charge in [-0.2, -0.15) is 0 Å². The fraction of sp³-hybridized carbons (Fsp3) is 0.292. The normalized spacial score (nSPS) is 13.6. The fourth-order valence-electron chi connectivity index (χ4n) is 3.76. The van der Waals surface area contributed by atoms with Crippen molar-refractivity contribution in [3.05, 3.63) is 60.3 Å². The van der Waals surface area contributed by atoms with Crippen LogP contribution in [0, 0.1) is 0 Å². The van der Waals surface area contributed by atoms with E-state index < -0.39 is 0 Å². The Kier molecular flexibility index (Phi) is 6.77. The molecule has 9 nitrogen and oxygen atoms in total. The Morgan fingerprint density at radius 3 is 2.36 bits per heavy atom. The average Bonchev–Trinajstić information content (AvgIpc) is 3.28. The number of nitrogens with one attached hydrogen (secondary N) is 3. The van der Waals surface area contributed by atoms with Gasteiger partial charge in [0.1, 0.15) is 11.4 Å². The molecule has 4 rings (SSSR count). The quantitative estimate of drug-likeness (QED) is 0.538. The monoisotopic (exact) mass is 449 g/mol. The molecule has 0 radical (unpaired) electrons. The number of carbonyl (C=O) groups excluding carboxylic acids is 3. The molecule has 2 heterocycles. The number of aromatic amines is 1. The topological polar surface area (TPSA) is 107 Å². The summed E-state index contributed by atoms with van der Waals surface area (Å²) in [6.45, 7) is 2.03. The number of H-pyrrole nitrogens is 1. The van der Waals surface area contributed by atoms with Gasteiger partial charge in [-0.25, -0.2) is 4.79 Å². The largest absolute Gasteiger partial charge is 0.497 e. The summed E-state index contributed by atoms with van der Waals surface area (Å²) in [6, 6.07) is 16.4. The van der Waals surface area contributed by atoms with Gasteiger partial charge in [-0.3, -0.25) is 9.59 Å². The minimum atomic E-state index is -0.232. The van der Waals surface area contributed by atoms with E-state index in [4.69, 9.17) is 4.74 Å². The molecule has 0 atom stereocenters. The molecule has 3 aromatic rings. The number of benzene rings is 2. The number of carbonyl (C=O) groups is 3. The molecule has 1 aliphatic heterocycles. The number of ether oxygens (including phenoxy) is 1. The van der Waals surface area contributed by atoms with Gasteiger partial charge < -0.3 is 30.2 Å². The molecule has 9 heteroatoms. The summed E-state index contributed by atoms with van der Waals surface area (Å²) in [5.41, 5.74) is 2.15. The summed E-state index contributed by atoms with van der Waals surface area (Å²) in [6.07, 6.45) is 0.163. The zero-order valence-corrected chi connectivity index (χ0v) is 18.5. The van der Waals surface area contributed by atoms with E-state index in [1.165, 1.54) is 0 Å². The number of nitrogens with zero attached hydrogens (tertiary/aromatic N) is 2. The summed E-state index contributed by atoms with van der Waals surface area (Å²) < 4.78 is 5.09. The first-order valence-corrected chi connectivity index (χ1v) is 10.9. The van der Waals surface area contributed by atoms with Crippen LogP contribution < -0.4 is 15.4 Å². The lowest BCUT2D eigenvalue weighted by molar-refractivity contribution is -0.116. The zero-order chi connectivity index (χ0) is 23.2. The summed E-state index contributed by atoms with van der Waals surface area (Å²) >= 11 is 0. The highest BCUT2D eigenvalue weighted by Gasteiger charge is 2.25. The Morgan fingerprint density at radius 1 is 0.970 bits per heavy atom. The second kappa shape index (κ2) is 10.1. The van der Waals surface area contributed by atoms with Gasteiger partial charge in [0.2, 0.25) is 5.91 Å². The number of aromatic nitrogens is 1. The predicted octanol–water partition coefficient (Wildman–Crippen LogP) is 2.67.